The van der Waals surface area contributed by atoms with Crippen molar-refractivity contribution in [2.24, 2.45) is 11.7 Å². The van der Waals surface area contributed by atoms with Gasteiger partial charge in [-0.25, -0.2) is 4.79 Å². The number of aromatic nitrogens is 2. The van der Waals surface area contributed by atoms with Crippen molar-refractivity contribution in [1.82, 2.24) is 9.55 Å². The number of hydrogen-bond donors (Lipinski definition) is 2. The fourth-order valence-electron chi connectivity index (χ4n) is 2.92. The summed E-state index contributed by atoms with van der Waals surface area (Å²) in [5.41, 5.74) is 5.65. The number of fused-ring (bicyclic) bond motifs is 1. The summed E-state index contributed by atoms with van der Waals surface area (Å²) in [6, 6.07) is 1.65. The van der Waals surface area contributed by atoms with E-state index in [2.05, 4.69) is 4.98 Å². The summed E-state index contributed by atoms with van der Waals surface area (Å²) in [6.45, 7) is 1.68. The highest BCUT2D eigenvalue weighted by Gasteiger charge is 2.66. The maximum atomic E-state index is 11.8. The van der Waals surface area contributed by atoms with Crippen molar-refractivity contribution in [3.63, 3.8) is 0 Å². The predicted octanol–water partition coefficient (Wildman–Crippen LogP) is -0.451. The molecule has 1 unspecified atom stereocenters. The van der Waals surface area contributed by atoms with Crippen molar-refractivity contribution in [1.29, 1.82) is 0 Å². The number of aryl methyl sites for hydroxylation is 1. The minimum absolute atomic E-state index is 0.0939. The van der Waals surface area contributed by atoms with Gasteiger partial charge in [-0.3, -0.25) is 4.57 Å². The lowest BCUT2D eigenvalue weighted by Crippen LogP contribution is -2.38. The maximum Gasteiger partial charge on any atom is 0.349 e. The van der Waals surface area contributed by atoms with Crippen molar-refractivity contribution in [2.75, 3.05) is 6.61 Å². The predicted molar refractivity (Wildman–Crippen MR) is 63.9 cm³/mol. The average Bonchev–Trinajstić information content (AvgIpc) is 2.95. The second-order valence-electron chi connectivity index (χ2n) is 5.15. The zero-order valence-corrected chi connectivity index (χ0v) is 10.2. The van der Waals surface area contributed by atoms with Gasteiger partial charge in [-0.2, -0.15) is 4.98 Å². The Bertz CT molecular complexity index is 530. The molecule has 3 rings (SSSR count). The quantitative estimate of drug-likeness (QED) is 0.743. The normalized spacial score (nSPS) is 38.3. The summed E-state index contributed by atoms with van der Waals surface area (Å²) in [6.07, 6.45) is 2.91. The van der Waals surface area contributed by atoms with Crippen LogP contribution in [0.4, 0.5) is 0 Å². The molecular formula is C12H17N3O3. The lowest BCUT2D eigenvalue weighted by Gasteiger charge is -2.29. The number of ether oxygens (including phenoxy) is 1. The van der Waals surface area contributed by atoms with E-state index in [4.69, 9.17) is 10.5 Å². The van der Waals surface area contributed by atoms with Crippen LogP contribution in [0.2, 0.25) is 0 Å². The van der Waals surface area contributed by atoms with Crippen LogP contribution in [0, 0.1) is 12.8 Å². The van der Waals surface area contributed by atoms with Gasteiger partial charge in [-0.05, 0) is 25.8 Å². The molecule has 18 heavy (non-hydrogen) atoms. The number of nitrogens with two attached hydrogens (primary N) is 1. The third-order valence-electron chi connectivity index (χ3n) is 4.12. The van der Waals surface area contributed by atoms with Gasteiger partial charge in [0.25, 0.3) is 0 Å². The Hall–Kier alpha value is -1.24. The van der Waals surface area contributed by atoms with E-state index in [9.17, 15) is 9.90 Å². The first-order chi connectivity index (χ1) is 8.58. The van der Waals surface area contributed by atoms with E-state index in [1.807, 2.05) is 0 Å². The zero-order valence-electron chi connectivity index (χ0n) is 10.2. The first kappa shape index (κ1) is 11.8. The molecule has 1 saturated heterocycles. The van der Waals surface area contributed by atoms with Crippen LogP contribution in [0.5, 0.6) is 0 Å². The molecule has 1 aromatic rings. The Morgan fingerprint density at radius 1 is 1.67 bits per heavy atom. The lowest BCUT2D eigenvalue weighted by atomic mass is 10.1. The van der Waals surface area contributed by atoms with Crippen molar-refractivity contribution < 1.29 is 9.84 Å². The van der Waals surface area contributed by atoms with E-state index in [1.54, 1.807) is 19.2 Å². The number of nitrogens with zero attached hydrogens (tertiary/aromatic N) is 2. The van der Waals surface area contributed by atoms with Gasteiger partial charge < -0.3 is 15.6 Å². The molecule has 0 aromatic carbocycles. The van der Waals surface area contributed by atoms with Gasteiger partial charge in [0.1, 0.15) is 11.8 Å². The third kappa shape index (κ3) is 1.53. The molecular weight excluding hydrogens is 234 g/mol. The Morgan fingerprint density at radius 2 is 2.44 bits per heavy atom. The minimum Gasteiger partial charge on any atom is -0.393 e. The molecule has 1 aromatic heterocycles. The Labute approximate surface area is 104 Å². The van der Waals surface area contributed by atoms with E-state index in [1.165, 1.54) is 4.57 Å². The van der Waals surface area contributed by atoms with Crippen LogP contribution in [0.15, 0.2) is 17.1 Å². The van der Waals surface area contributed by atoms with Gasteiger partial charge in [0.15, 0.2) is 0 Å². The molecule has 0 spiro atoms. The summed E-state index contributed by atoms with van der Waals surface area (Å²) in [7, 11) is 0. The summed E-state index contributed by atoms with van der Waals surface area (Å²) in [4.78, 5) is 15.7. The molecule has 3 N–H and O–H groups in total. The van der Waals surface area contributed by atoms with Crippen molar-refractivity contribution in [3.05, 3.63) is 28.4 Å². The van der Waals surface area contributed by atoms with Crippen LogP contribution in [-0.2, 0) is 4.74 Å². The van der Waals surface area contributed by atoms with E-state index >= 15 is 0 Å². The van der Waals surface area contributed by atoms with E-state index in [0.29, 0.717) is 5.69 Å². The van der Waals surface area contributed by atoms with Crippen LogP contribution in [-0.4, -0.2) is 32.9 Å². The topological polar surface area (TPSA) is 90.4 Å². The largest absolute Gasteiger partial charge is 0.393 e. The Kier molecular flexibility index (Phi) is 2.55. The third-order valence-corrected chi connectivity index (χ3v) is 4.12. The smallest absolute Gasteiger partial charge is 0.349 e. The highest BCUT2D eigenvalue weighted by molar-refractivity contribution is 5.19. The summed E-state index contributed by atoms with van der Waals surface area (Å²) >= 11 is 0. The summed E-state index contributed by atoms with van der Waals surface area (Å²) in [5.74, 6) is 0.216. The molecule has 6 nitrogen and oxygen atoms in total. The molecule has 2 aliphatic rings. The first-order valence-corrected chi connectivity index (χ1v) is 6.18. The molecule has 2 fully saturated rings. The van der Waals surface area contributed by atoms with Crippen molar-refractivity contribution in [3.8, 4) is 0 Å². The van der Waals surface area contributed by atoms with Gasteiger partial charge in [0.05, 0.1) is 6.61 Å². The van der Waals surface area contributed by atoms with E-state index in [0.717, 1.165) is 12.8 Å². The molecule has 6 heteroatoms. The molecule has 2 heterocycles. The first-order valence-electron chi connectivity index (χ1n) is 6.18. The number of aliphatic hydroxyl groups is 1. The summed E-state index contributed by atoms with van der Waals surface area (Å²) in [5, 5.41) is 9.43. The second kappa shape index (κ2) is 3.88. The van der Waals surface area contributed by atoms with Crippen LogP contribution in [0.1, 0.15) is 24.8 Å². The van der Waals surface area contributed by atoms with Crippen molar-refractivity contribution >= 4 is 0 Å². The fourth-order valence-corrected chi connectivity index (χ4v) is 2.92. The van der Waals surface area contributed by atoms with E-state index < -0.39 is 5.60 Å². The molecule has 0 amide bonds. The second-order valence-corrected chi connectivity index (χ2v) is 5.15. The highest BCUT2D eigenvalue weighted by atomic mass is 16.5. The van der Waals surface area contributed by atoms with Gasteiger partial charge in [-0.1, -0.05) is 0 Å². The van der Waals surface area contributed by atoms with Gasteiger partial charge in [0.2, 0.25) is 0 Å². The SMILES string of the molecule is Cc1ccn([C@H]2CCC3[C@H](N)[C@]3(CO)O2)c(=O)n1. The van der Waals surface area contributed by atoms with Crippen LogP contribution in [0.3, 0.4) is 0 Å². The monoisotopic (exact) mass is 251 g/mol. The molecule has 0 radical (unpaired) electrons. The number of hydrogen-bond acceptors (Lipinski definition) is 5. The van der Waals surface area contributed by atoms with Gasteiger partial charge in [0, 0.05) is 23.9 Å². The van der Waals surface area contributed by atoms with Crippen LogP contribution >= 0.6 is 0 Å². The summed E-state index contributed by atoms with van der Waals surface area (Å²) < 4.78 is 7.34. The number of aliphatic hydroxyl groups excluding tert-OH is 1. The van der Waals surface area contributed by atoms with Crippen LogP contribution in [0.25, 0.3) is 0 Å². The lowest BCUT2D eigenvalue weighted by molar-refractivity contribution is -0.126. The Balaban J connectivity index is 1.88. The standard InChI is InChI=1S/C12H17N3O3/c1-7-4-5-15(11(17)14-7)9-3-2-8-10(13)12(8,6-16)18-9/h4-5,8-10,16H,2-3,6,13H2,1H3/t8?,9-,10+,12-/m1/s1. The van der Waals surface area contributed by atoms with Crippen molar-refractivity contribution in [2.45, 2.75) is 37.6 Å². The van der Waals surface area contributed by atoms with Gasteiger partial charge in [-0.15, -0.1) is 0 Å². The molecule has 4 atom stereocenters. The maximum absolute atomic E-state index is 11.8. The fraction of sp³-hybridized carbons (Fsp3) is 0.667. The van der Waals surface area contributed by atoms with Crippen LogP contribution < -0.4 is 11.4 Å². The zero-order chi connectivity index (χ0) is 12.9. The molecule has 1 saturated carbocycles. The minimum atomic E-state index is -0.646. The molecule has 98 valence electrons. The highest BCUT2D eigenvalue weighted by Crippen LogP contribution is 2.54. The molecule has 0 bridgehead atoms. The van der Waals surface area contributed by atoms with E-state index in [-0.39, 0.29) is 30.5 Å². The average molecular weight is 251 g/mol. The Morgan fingerprint density at radius 3 is 3.11 bits per heavy atom. The molecule has 1 aliphatic heterocycles. The van der Waals surface area contributed by atoms with Gasteiger partial charge >= 0.3 is 5.69 Å². The molecule has 1 aliphatic carbocycles. The number of rotatable bonds is 2.